The topological polar surface area (TPSA) is 75.7 Å². The van der Waals surface area contributed by atoms with E-state index in [4.69, 9.17) is 4.74 Å². The zero-order chi connectivity index (χ0) is 18.0. The third kappa shape index (κ3) is 3.67. The lowest BCUT2D eigenvalue weighted by molar-refractivity contribution is -0.114. The molecule has 0 aromatic heterocycles. The second-order valence-corrected chi connectivity index (χ2v) is 8.80. The molecular formula is C18H26N2O4S. The molecule has 2 fully saturated rings. The Hall–Kier alpha value is -1.60. The van der Waals surface area contributed by atoms with Gasteiger partial charge in [0.1, 0.15) is 5.75 Å². The van der Waals surface area contributed by atoms with Crippen LogP contribution in [0, 0.1) is 5.92 Å². The Morgan fingerprint density at radius 1 is 1.20 bits per heavy atom. The minimum Gasteiger partial charge on any atom is -0.495 e. The molecule has 0 spiro atoms. The van der Waals surface area contributed by atoms with E-state index in [0.29, 0.717) is 23.9 Å². The SMILES string of the molecule is COc1cc(S(=O)(=O)N2CCC[C@@H]3CCCC[C@@H]32)ccc1NC(C)=O. The minimum atomic E-state index is -3.57. The third-order valence-electron chi connectivity index (χ3n) is 5.28. The summed E-state index contributed by atoms with van der Waals surface area (Å²) >= 11 is 0. The Morgan fingerprint density at radius 3 is 2.64 bits per heavy atom. The molecule has 1 aromatic carbocycles. The van der Waals surface area contributed by atoms with Crippen LogP contribution in [0.4, 0.5) is 5.69 Å². The molecule has 138 valence electrons. The standard InChI is InChI=1S/C18H26N2O4S/c1-13(21)19-16-10-9-15(12-18(16)24-2)25(22,23)20-11-5-7-14-6-3-4-8-17(14)20/h9-10,12,14,17H,3-8,11H2,1-2H3,(H,19,21)/t14-,17-/m0/s1. The average molecular weight is 366 g/mol. The lowest BCUT2D eigenvalue weighted by Gasteiger charge is -2.43. The van der Waals surface area contributed by atoms with Gasteiger partial charge in [0.2, 0.25) is 15.9 Å². The molecule has 6 nitrogen and oxygen atoms in total. The summed E-state index contributed by atoms with van der Waals surface area (Å²) in [5.41, 5.74) is 0.475. The summed E-state index contributed by atoms with van der Waals surface area (Å²) in [6.45, 7) is 1.99. The fourth-order valence-electron chi connectivity index (χ4n) is 4.14. The summed E-state index contributed by atoms with van der Waals surface area (Å²) in [6.07, 6.45) is 6.42. The van der Waals surface area contributed by atoms with Gasteiger partial charge in [-0.1, -0.05) is 12.8 Å². The Kier molecular flexibility index (Phi) is 5.34. The number of carbonyl (C=O) groups is 1. The first kappa shape index (κ1) is 18.2. The molecule has 1 saturated carbocycles. The van der Waals surface area contributed by atoms with Crippen molar-refractivity contribution in [2.24, 2.45) is 5.92 Å². The number of fused-ring (bicyclic) bond motifs is 1. The van der Waals surface area contributed by atoms with Crippen LogP contribution >= 0.6 is 0 Å². The van der Waals surface area contributed by atoms with Crippen molar-refractivity contribution in [2.45, 2.75) is 56.4 Å². The van der Waals surface area contributed by atoms with Crippen molar-refractivity contribution in [2.75, 3.05) is 19.0 Å². The number of carbonyl (C=O) groups excluding carboxylic acids is 1. The predicted molar refractivity (Wildman–Crippen MR) is 96.2 cm³/mol. The summed E-state index contributed by atoms with van der Waals surface area (Å²) < 4.78 is 33.4. The number of sulfonamides is 1. The molecule has 1 N–H and O–H groups in total. The molecule has 25 heavy (non-hydrogen) atoms. The van der Waals surface area contributed by atoms with Crippen LogP contribution in [0.2, 0.25) is 0 Å². The van der Waals surface area contributed by atoms with Crippen LogP contribution < -0.4 is 10.1 Å². The molecule has 1 aliphatic carbocycles. The number of nitrogens with one attached hydrogen (secondary N) is 1. The summed E-state index contributed by atoms with van der Waals surface area (Å²) in [5.74, 6) is 0.612. The van der Waals surface area contributed by atoms with Crippen LogP contribution in [0.1, 0.15) is 45.4 Å². The van der Waals surface area contributed by atoms with Crippen molar-refractivity contribution in [3.8, 4) is 5.75 Å². The van der Waals surface area contributed by atoms with Gasteiger partial charge in [-0.25, -0.2) is 8.42 Å². The van der Waals surface area contributed by atoms with E-state index in [1.165, 1.54) is 26.5 Å². The number of hydrogen-bond donors (Lipinski definition) is 1. The number of anilines is 1. The van der Waals surface area contributed by atoms with Gasteiger partial charge in [0.15, 0.2) is 0 Å². The number of ether oxygens (including phenoxy) is 1. The lowest BCUT2D eigenvalue weighted by Crippen LogP contribution is -2.49. The van der Waals surface area contributed by atoms with Gasteiger partial charge in [-0.3, -0.25) is 4.79 Å². The number of benzene rings is 1. The van der Waals surface area contributed by atoms with Gasteiger partial charge in [-0.15, -0.1) is 0 Å². The highest BCUT2D eigenvalue weighted by molar-refractivity contribution is 7.89. The molecule has 0 unspecified atom stereocenters. The van der Waals surface area contributed by atoms with Crippen LogP contribution in [-0.4, -0.2) is 38.3 Å². The molecule has 2 aliphatic rings. The molecule has 0 radical (unpaired) electrons. The second-order valence-electron chi connectivity index (χ2n) is 6.91. The smallest absolute Gasteiger partial charge is 0.243 e. The van der Waals surface area contributed by atoms with Gasteiger partial charge in [0, 0.05) is 25.6 Å². The van der Waals surface area contributed by atoms with E-state index in [9.17, 15) is 13.2 Å². The van der Waals surface area contributed by atoms with E-state index in [2.05, 4.69) is 5.32 Å². The van der Waals surface area contributed by atoms with Crippen LogP contribution in [0.15, 0.2) is 23.1 Å². The Morgan fingerprint density at radius 2 is 1.92 bits per heavy atom. The highest BCUT2D eigenvalue weighted by atomic mass is 32.2. The highest BCUT2D eigenvalue weighted by Crippen LogP contribution is 2.39. The highest BCUT2D eigenvalue weighted by Gasteiger charge is 2.40. The van der Waals surface area contributed by atoms with Crippen molar-refractivity contribution in [1.29, 1.82) is 0 Å². The maximum Gasteiger partial charge on any atom is 0.243 e. The third-order valence-corrected chi connectivity index (χ3v) is 7.20. The van der Waals surface area contributed by atoms with E-state index in [-0.39, 0.29) is 16.8 Å². The zero-order valence-corrected chi connectivity index (χ0v) is 15.6. The van der Waals surface area contributed by atoms with Crippen molar-refractivity contribution in [3.63, 3.8) is 0 Å². The molecule has 2 atom stereocenters. The quantitative estimate of drug-likeness (QED) is 0.889. The molecule has 1 saturated heterocycles. The summed E-state index contributed by atoms with van der Waals surface area (Å²) in [5, 5.41) is 2.66. The molecule has 1 aromatic rings. The fourth-order valence-corrected chi connectivity index (χ4v) is 5.91. The Bertz CT molecular complexity index is 745. The van der Waals surface area contributed by atoms with E-state index < -0.39 is 10.0 Å². The second kappa shape index (κ2) is 7.33. The molecule has 1 aliphatic heterocycles. The van der Waals surface area contributed by atoms with Crippen molar-refractivity contribution < 1.29 is 17.9 Å². The average Bonchev–Trinajstić information content (AvgIpc) is 2.61. The molecular weight excluding hydrogens is 340 g/mol. The van der Waals surface area contributed by atoms with E-state index >= 15 is 0 Å². The first-order valence-corrected chi connectivity index (χ1v) is 10.3. The molecule has 7 heteroatoms. The Labute approximate surface area is 149 Å². The Balaban J connectivity index is 1.92. The van der Waals surface area contributed by atoms with Gasteiger partial charge in [-0.05, 0) is 43.7 Å². The first-order chi connectivity index (χ1) is 11.9. The van der Waals surface area contributed by atoms with E-state index in [1.807, 2.05) is 0 Å². The zero-order valence-electron chi connectivity index (χ0n) is 14.8. The summed E-state index contributed by atoms with van der Waals surface area (Å²) in [4.78, 5) is 11.5. The van der Waals surface area contributed by atoms with Crippen LogP contribution in [-0.2, 0) is 14.8 Å². The summed E-state index contributed by atoms with van der Waals surface area (Å²) in [7, 11) is -2.10. The number of methoxy groups -OCH3 is 1. The van der Waals surface area contributed by atoms with Crippen molar-refractivity contribution in [3.05, 3.63) is 18.2 Å². The number of hydrogen-bond acceptors (Lipinski definition) is 4. The van der Waals surface area contributed by atoms with Crippen LogP contribution in [0.3, 0.4) is 0 Å². The van der Waals surface area contributed by atoms with Gasteiger partial charge in [0.25, 0.3) is 0 Å². The lowest BCUT2D eigenvalue weighted by atomic mass is 9.79. The number of piperidine rings is 1. The monoisotopic (exact) mass is 366 g/mol. The maximum absolute atomic E-state index is 13.2. The maximum atomic E-state index is 13.2. The van der Waals surface area contributed by atoms with E-state index in [0.717, 1.165) is 32.1 Å². The van der Waals surface area contributed by atoms with Crippen molar-refractivity contribution >= 4 is 21.6 Å². The first-order valence-electron chi connectivity index (χ1n) is 8.91. The van der Waals surface area contributed by atoms with E-state index in [1.54, 1.807) is 16.4 Å². The van der Waals surface area contributed by atoms with Crippen LogP contribution in [0.5, 0.6) is 5.75 Å². The molecule has 1 amide bonds. The summed E-state index contributed by atoms with van der Waals surface area (Å²) in [6, 6.07) is 4.77. The van der Waals surface area contributed by atoms with Gasteiger partial charge in [0.05, 0.1) is 17.7 Å². The predicted octanol–water partition coefficient (Wildman–Crippen LogP) is 3.00. The number of nitrogens with zero attached hydrogens (tertiary/aromatic N) is 1. The molecule has 3 rings (SSSR count). The minimum absolute atomic E-state index is 0.119. The van der Waals surface area contributed by atoms with Crippen molar-refractivity contribution in [1.82, 2.24) is 4.31 Å². The molecule has 1 heterocycles. The fraction of sp³-hybridized carbons (Fsp3) is 0.611. The molecule has 0 bridgehead atoms. The largest absolute Gasteiger partial charge is 0.495 e. The van der Waals surface area contributed by atoms with Gasteiger partial charge in [-0.2, -0.15) is 4.31 Å². The van der Waals surface area contributed by atoms with Gasteiger partial charge >= 0.3 is 0 Å². The number of rotatable bonds is 4. The normalized spacial score (nSPS) is 24.4. The van der Waals surface area contributed by atoms with Gasteiger partial charge < -0.3 is 10.1 Å². The number of amides is 1. The van der Waals surface area contributed by atoms with Crippen LogP contribution in [0.25, 0.3) is 0 Å².